The summed E-state index contributed by atoms with van der Waals surface area (Å²) < 4.78 is 2.44. The van der Waals surface area contributed by atoms with Crippen LogP contribution < -0.4 is 5.73 Å². The first-order valence-electron chi connectivity index (χ1n) is 12.6. The number of unbranched alkanes of at least 4 members (excludes halogenated alkanes) is 1. The van der Waals surface area contributed by atoms with Gasteiger partial charge in [0.1, 0.15) is 0 Å². The Morgan fingerprint density at radius 2 is 1.71 bits per heavy atom. The van der Waals surface area contributed by atoms with Gasteiger partial charge in [0, 0.05) is 52.9 Å². The van der Waals surface area contributed by atoms with Crippen molar-refractivity contribution in [2.24, 2.45) is 11.1 Å². The van der Waals surface area contributed by atoms with Gasteiger partial charge in [-0.15, -0.1) is 0 Å². The van der Waals surface area contributed by atoms with Gasteiger partial charge < -0.3 is 15.1 Å². The molecule has 0 saturated carbocycles. The topological polar surface area (TPSA) is 69.6 Å². The number of fused-ring (bicyclic) bond motifs is 3. The molecule has 0 aliphatic carbocycles. The Kier molecular flexibility index (Phi) is 7.86. The Labute approximate surface area is 207 Å². The average molecular weight is 470 g/mol. The van der Waals surface area contributed by atoms with E-state index in [0.717, 1.165) is 40.6 Å². The van der Waals surface area contributed by atoms with E-state index < -0.39 is 5.97 Å². The molecule has 1 aromatic heterocycles. The van der Waals surface area contributed by atoms with Crippen LogP contribution >= 0.6 is 0 Å². The van der Waals surface area contributed by atoms with E-state index in [1.54, 1.807) is 0 Å². The zero-order valence-corrected chi connectivity index (χ0v) is 21.0. The molecule has 182 valence electrons. The Morgan fingerprint density at radius 3 is 2.40 bits per heavy atom. The minimum Gasteiger partial charge on any atom is -0.399 e. The predicted octanol–water partition coefficient (Wildman–Crippen LogP) is 7.10. The number of hydrogen-bond acceptors (Lipinski definition) is 4. The summed E-state index contributed by atoms with van der Waals surface area (Å²) in [5, 5.41) is 6.51. The number of carbonyl (C=O) groups is 1. The number of oxime groups is 1. The summed E-state index contributed by atoms with van der Waals surface area (Å²) in [6, 6.07) is 22.7. The first kappa shape index (κ1) is 24.5. The van der Waals surface area contributed by atoms with E-state index in [0.29, 0.717) is 18.1 Å². The highest BCUT2D eigenvalue weighted by Crippen LogP contribution is 2.33. The molecule has 1 unspecified atom stereocenters. The van der Waals surface area contributed by atoms with Crippen molar-refractivity contribution in [1.82, 2.24) is 4.57 Å². The number of rotatable bonds is 10. The van der Waals surface area contributed by atoms with Crippen LogP contribution in [0.5, 0.6) is 0 Å². The Hall–Kier alpha value is -3.60. The molecule has 0 radical (unpaired) electrons. The minimum absolute atomic E-state index is 0.432. The minimum atomic E-state index is -0.432. The summed E-state index contributed by atoms with van der Waals surface area (Å²) in [6.07, 6.45) is 5.43. The average Bonchev–Trinajstić information content (AvgIpc) is 3.16. The smallest absolute Gasteiger partial charge is 0.331 e. The predicted molar refractivity (Wildman–Crippen MR) is 146 cm³/mol. The molecule has 35 heavy (non-hydrogen) atoms. The van der Waals surface area contributed by atoms with Crippen molar-refractivity contribution in [3.8, 4) is 0 Å². The quantitative estimate of drug-likeness (QED) is 0.116. The number of hydrogen-bond donors (Lipinski definition) is 1. The number of nitrogens with zero attached hydrogens (tertiary/aromatic N) is 2. The SMILES string of the molecule is CCCCC(CC)Cn1c2ccc(N)cc2c2cc(/C(Cc3ccccc3)=N/OC(C)=O)ccc21. The van der Waals surface area contributed by atoms with E-state index in [1.165, 1.54) is 37.2 Å². The van der Waals surface area contributed by atoms with Crippen molar-refractivity contribution in [3.05, 3.63) is 77.9 Å². The van der Waals surface area contributed by atoms with Crippen LogP contribution in [0.1, 0.15) is 57.6 Å². The molecule has 0 bridgehead atoms. The molecule has 0 amide bonds. The standard InChI is InChI=1S/C30H35N3O2/c1-4-6-10-22(5-2)20-33-29-15-13-24(18-26(29)27-19-25(31)14-16-30(27)33)28(32-35-21(3)34)17-23-11-8-7-9-12-23/h7-9,11-16,18-19,22H,4-6,10,17,20,31H2,1-3H3/b32-28+. The Morgan fingerprint density at radius 1 is 1.00 bits per heavy atom. The third-order valence-corrected chi connectivity index (χ3v) is 6.70. The van der Waals surface area contributed by atoms with Crippen LogP contribution in [-0.2, 0) is 22.6 Å². The third kappa shape index (κ3) is 5.73. The molecule has 1 heterocycles. The molecular formula is C30H35N3O2. The maximum Gasteiger partial charge on any atom is 0.331 e. The third-order valence-electron chi connectivity index (χ3n) is 6.70. The summed E-state index contributed by atoms with van der Waals surface area (Å²) >= 11 is 0. The lowest BCUT2D eigenvalue weighted by Crippen LogP contribution is -2.10. The zero-order chi connectivity index (χ0) is 24.8. The fourth-order valence-electron chi connectivity index (χ4n) is 4.77. The van der Waals surface area contributed by atoms with Crippen molar-refractivity contribution in [1.29, 1.82) is 0 Å². The summed E-state index contributed by atoms with van der Waals surface area (Å²) in [5.74, 6) is 0.198. The van der Waals surface area contributed by atoms with Crippen molar-refractivity contribution < 1.29 is 9.63 Å². The van der Waals surface area contributed by atoms with Gasteiger partial charge in [0.15, 0.2) is 0 Å². The second kappa shape index (κ2) is 11.2. The fourth-order valence-corrected chi connectivity index (χ4v) is 4.77. The van der Waals surface area contributed by atoms with Gasteiger partial charge in [0.05, 0.1) is 5.71 Å². The molecule has 0 aliphatic heterocycles. The number of aromatic nitrogens is 1. The molecule has 4 aromatic rings. The molecule has 0 saturated heterocycles. The highest BCUT2D eigenvalue weighted by Gasteiger charge is 2.17. The maximum atomic E-state index is 11.5. The van der Waals surface area contributed by atoms with Crippen LogP contribution in [0, 0.1) is 5.92 Å². The van der Waals surface area contributed by atoms with E-state index in [2.05, 4.69) is 66.0 Å². The number of carbonyl (C=O) groups excluding carboxylic acids is 1. The summed E-state index contributed by atoms with van der Waals surface area (Å²) in [4.78, 5) is 16.6. The number of nitrogens with two attached hydrogens (primary N) is 1. The van der Waals surface area contributed by atoms with Crippen LogP contribution in [0.25, 0.3) is 21.8 Å². The second-order valence-corrected chi connectivity index (χ2v) is 9.32. The number of nitrogen functional groups attached to an aromatic ring is 1. The van der Waals surface area contributed by atoms with Crippen molar-refractivity contribution in [2.45, 2.75) is 59.4 Å². The van der Waals surface area contributed by atoms with Crippen LogP contribution in [0.4, 0.5) is 5.69 Å². The molecule has 4 rings (SSSR count). The van der Waals surface area contributed by atoms with Crippen molar-refractivity contribution >= 4 is 39.2 Å². The highest BCUT2D eigenvalue weighted by atomic mass is 16.7. The number of benzene rings is 3. The van der Waals surface area contributed by atoms with E-state index in [1.807, 2.05) is 24.3 Å². The van der Waals surface area contributed by atoms with Crippen LogP contribution in [0.2, 0.25) is 0 Å². The van der Waals surface area contributed by atoms with E-state index in [9.17, 15) is 4.79 Å². The van der Waals surface area contributed by atoms with Gasteiger partial charge in [0.25, 0.3) is 0 Å². The van der Waals surface area contributed by atoms with Gasteiger partial charge in [-0.05, 0) is 48.2 Å². The van der Waals surface area contributed by atoms with Gasteiger partial charge in [-0.1, -0.05) is 74.7 Å². The van der Waals surface area contributed by atoms with Gasteiger partial charge in [-0.2, -0.15) is 0 Å². The normalized spacial score (nSPS) is 12.8. The molecular weight excluding hydrogens is 434 g/mol. The monoisotopic (exact) mass is 469 g/mol. The summed E-state index contributed by atoms with van der Waals surface area (Å²) in [7, 11) is 0. The van der Waals surface area contributed by atoms with Gasteiger partial charge in [-0.3, -0.25) is 0 Å². The van der Waals surface area contributed by atoms with Crippen LogP contribution in [-0.4, -0.2) is 16.2 Å². The van der Waals surface area contributed by atoms with Crippen LogP contribution in [0.3, 0.4) is 0 Å². The maximum absolute atomic E-state index is 11.5. The summed E-state index contributed by atoms with van der Waals surface area (Å²) in [5.41, 5.74) is 12.1. The molecule has 5 heteroatoms. The van der Waals surface area contributed by atoms with Crippen LogP contribution in [0.15, 0.2) is 71.9 Å². The Bertz CT molecular complexity index is 1340. The van der Waals surface area contributed by atoms with Crippen molar-refractivity contribution in [3.63, 3.8) is 0 Å². The highest BCUT2D eigenvalue weighted by molar-refractivity contribution is 6.12. The Balaban J connectivity index is 1.82. The molecule has 0 aliphatic rings. The molecule has 0 fully saturated rings. The van der Waals surface area contributed by atoms with Gasteiger partial charge in [-0.25, -0.2) is 4.79 Å². The fraction of sp³-hybridized carbons (Fsp3) is 0.333. The molecule has 5 nitrogen and oxygen atoms in total. The second-order valence-electron chi connectivity index (χ2n) is 9.32. The molecule has 1 atom stereocenters. The van der Waals surface area contributed by atoms with E-state index >= 15 is 0 Å². The van der Waals surface area contributed by atoms with Gasteiger partial charge in [0.2, 0.25) is 0 Å². The lowest BCUT2D eigenvalue weighted by Gasteiger charge is -2.17. The molecule has 2 N–H and O–H groups in total. The first-order chi connectivity index (χ1) is 17.0. The largest absolute Gasteiger partial charge is 0.399 e. The zero-order valence-electron chi connectivity index (χ0n) is 21.0. The van der Waals surface area contributed by atoms with Gasteiger partial charge >= 0.3 is 5.97 Å². The van der Waals surface area contributed by atoms with E-state index in [4.69, 9.17) is 10.6 Å². The lowest BCUT2D eigenvalue weighted by molar-refractivity contribution is -0.140. The van der Waals surface area contributed by atoms with Crippen molar-refractivity contribution in [2.75, 3.05) is 5.73 Å². The lowest BCUT2D eigenvalue weighted by atomic mass is 9.99. The van der Waals surface area contributed by atoms with E-state index in [-0.39, 0.29) is 0 Å². The molecule has 0 spiro atoms. The number of anilines is 1. The first-order valence-corrected chi connectivity index (χ1v) is 12.6. The molecule has 3 aromatic carbocycles. The summed E-state index contributed by atoms with van der Waals surface area (Å²) in [6.45, 7) is 6.89.